The van der Waals surface area contributed by atoms with Gasteiger partial charge in [-0.1, -0.05) is 6.07 Å². The maximum Gasteiger partial charge on any atom is 0.336 e. The van der Waals surface area contributed by atoms with Gasteiger partial charge in [-0.05, 0) is 43.2 Å². The number of hydrogen-bond acceptors (Lipinski definition) is 5. The zero-order valence-electron chi connectivity index (χ0n) is 15.6. The molecular formula is C20H22N2O6. The highest BCUT2D eigenvalue weighted by Gasteiger charge is 2.12. The molecule has 0 saturated heterocycles. The van der Waals surface area contributed by atoms with E-state index >= 15 is 0 Å². The van der Waals surface area contributed by atoms with Gasteiger partial charge in [-0.3, -0.25) is 9.59 Å². The number of amides is 2. The first kappa shape index (κ1) is 20.8. The fourth-order valence-corrected chi connectivity index (χ4v) is 2.60. The molecule has 0 bridgehead atoms. The van der Waals surface area contributed by atoms with Gasteiger partial charge < -0.3 is 25.6 Å². The van der Waals surface area contributed by atoms with Gasteiger partial charge in [0.2, 0.25) is 5.91 Å². The molecule has 2 aromatic carbocycles. The third kappa shape index (κ3) is 5.47. The number of ether oxygens (including phenoxy) is 1. The molecule has 0 aliphatic carbocycles. The smallest absolute Gasteiger partial charge is 0.336 e. The molecule has 0 saturated carbocycles. The predicted molar refractivity (Wildman–Crippen MR) is 103 cm³/mol. The number of phenolic OH excluding ortho intramolecular Hbond substituents is 1. The zero-order valence-corrected chi connectivity index (χ0v) is 15.6. The second-order valence-electron chi connectivity index (χ2n) is 6.11. The van der Waals surface area contributed by atoms with E-state index in [1.807, 2.05) is 0 Å². The normalized spacial score (nSPS) is 10.2. The molecule has 0 aromatic heterocycles. The minimum atomic E-state index is -1.06. The van der Waals surface area contributed by atoms with E-state index in [0.717, 1.165) is 0 Å². The molecule has 148 valence electrons. The van der Waals surface area contributed by atoms with Crippen LogP contribution in [0.1, 0.15) is 39.1 Å². The Bertz CT molecular complexity index is 894. The molecule has 28 heavy (non-hydrogen) atoms. The van der Waals surface area contributed by atoms with E-state index in [0.29, 0.717) is 23.4 Å². The third-order valence-electron chi connectivity index (χ3n) is 4.09. The number of carboxylic acid groups (broad SMARTS) is 1. The van der Waals surface area contributed by atoms with Crippen LogP contribution in [0.15, 0.2) is 36.4 Å². The molecule has 8 nitrogen and oxygen atoms in total. The molecule has 0 fully saturated rings. The standard InChI is InChI=1S/C20H22N2O6/c1-12-16(20(26)27)5-3-6-17(12)22-18(24)7-4-8-21-19(25)13-9-14(23)11-15(10-13)28-2/h3,5-6,9-11,23H,4,7-8H2,1-2H3,(H,21,25)(H,22,24)(H,26,27). The average Bonchev–Trinajstić information content (AvgIpc) is 2.65. The van der Waals surface area contributed by atoms with E-state index in [2.05, 4.69) is 10.6 Å². The Labute approximate surface area is 162 Å². The second-order valence-corrected chi connectivity index (χ2v) is 6.11. The number of aromatic hydroxyl groups is 1. The van der Waals surface area contributed by atoms with Crippen molar-refractivity contribution >= 4 is 23.5 Å². The van der Waals surface area contributed by atoms with Gasteiger partial charge in [0, 0.05) is 30.3 Å². The van der Waals surface area contributed by atoms with Crippen molar-refractivity contribution in [1.82, 2.24) is 5.32 Å². The molecule has 0 aliphatic rings. The highest BCUT2D eigenvalue weighted by Crippen LogP contribution is 2.21. The Morgan fingerprint density at radius 1 is 1.14 bits per heavy atom. The average molecular weight is 386 g/mol. The number of hydrogen-bond donors (Lipinski definition) is 4. The van der Waals surface area contributed by atoms with Gasteiger partial charge in [-0.15, -0.1) is 0 Å². The van der Waals surface area contributed by atoms with E-state index < -0.39 is 5.97 Å². The monoisotopic (exact) mass is 386 g/mol. The molecular weight excluding hydrogens is 364 g/mol. The number of phenols is 1. The molecule has 0 aliphatic heterocycles. The predicted octanol–water partition coefficient (Wildman–Crippen LogP) is 2.56. The summed E-state index contributed by atoms with van der Waals surface area (Å²) in [6, 6.07) is 8.89. The first-order valence-electron chi connectivity index (χ1n) is 8.61. The molecule has 2 rings (SSSR count). The lowest BCUT2D eigenvalue weighted by molar-refractivity contribution is -0.116. The molecule has 0 atom stereocenters. The van der Waals surface area contributed by atoms with Crippen molar-refractivity contribution in [3.8, 4) is 11.5 Å². The van der Waals surface area contributed by atoms with Crippen molar-refractivity contribution in [2.24, 2.45) is 0 Å². The first-order chi connectivity index (χ1) is 13.3. The van der Waals surface area contributed by atoms with E-state index in [1.54, 1.807) is 19.1 Å². The quantitative estimate of drug-likeness (QED) is 0.517. The molecule has 0 radical (unpaired) electrons. The summed E-state index contributed by atoms with van der Waals surface area (Å²) in [5.74, 6) is -1.44. The molecule has 0 unspecified atom stereocenters. The number of methoxy groups -OCH3 is 1. The lowest BCUT2D eigenvalue weighted by Crippen LogP contribution is -2.25. The van der Waals surface area contributed by atoms with Crippen LogP contribution in [0.4, 0.5) is 5.69 Å². The number of benzene rings is 2. The number of rotatable bonds is 8. The molecule has 2 aromatic rings. The fraction of sp³-hybridized carbons (Fsp3) is 0.250. The van der Waals surface area contributed by atoms with Gasteiger partial charge in [-0.2, -0.15) is 0 Å². The van der Waals surface area contributed by atoms with Crippen LogP contribution in [-0.2, 0) is 4.79 Å². The van der Waals surface area contributed by atoms with Gasteiger partial charge in [0.05, 0.1) is 12.7 Å². The lowest BCUT2D eigenvalue weighted by atomic mass is 10.1. The van der Waals surface area contributed by atoms with Gasteiger partial charge in [-0.25, -0.2) is 4.79 Å². The maximum absolute atomic E-state index is 12.1. The third-order valence-corrected chi connectivity index (χ3v) is 4.09. The van der Waals surface area contributed by atoms with Gasteiger partial charge in [0.25, 0.3) is 5.91 Å². The van der Waals surface area contributed by atoms with E-state index in [1.165, 1.54) is 31.4 Å². The van der Waals surface area contributed by atoms with Crippen LogP contribution in [0.5, 0.6) is 11.5 Å². The van der Waals surface area contributed by atoms with Crippen LogP contribution in [0, 0.1) is 6.92 Å². The molecule has 0 heterocycles. The van der Waals surface area contributed by atoms with Crippen LogP contribution >= 0.6 is 0 Å². The summed E-state index contributed by atoms with van der Waals surface area (Å²) < 4.78 is 5.00. The SMILES string of the molecule is COc1cc(O)cc(C(=O)NCCCC(=O)Nc2cccc(C(=O)O)c2C)c1. The van der Waals surface area contributed by atoms with Crippen molar-refractivity contribution in [2.75, 3.05) is 19.0 Å². The molecule has 2 amide bonds. The maximum atomic E-state index is 12.1. The summed E-state index contributed by atoms with van der Waals surface area (Å²) in [6.45, 7) is 1.89. The highest BCUT2D eigenvalue weighted by atomic mass is 16.5. The zero-order chi connectivity index (χ0) is 20.7. The van der Waals surface area contributed by atoms with Gasteiger partial charge in [0.15, 0.2) is 0 Å². The fourth-order valence-electron chi connectivity index (χ4n) is 2.60. The Balaban J connectivity index is 1.83. The number of carbonyl (C=O) groups excluding carboxylic acids is 2. The summed E-state index contributed by atoms with van der Waals surface area (Å²) in [5, 5.41) is 24.1. The van der Waals surface area contributed by atoms with Crippen LogP contribution in [0.25, 0.3) is 0 Å². The lowest BCUT2D eigenvalue weighted by Gasteiger charge is -2.11. The number of carboxylic acids is 1. The summed E-state index contributed by atoms with van der Waals surface area (Å²) in [6.07, 6.45) is 0.547. The van der Waals surface area contributed by atoms with E-state index in [9.17, 15) is 19.5 Å². The van der Waals surface area contributed by atoms with Gasteiger partial charge in [0.1, 0.15) is 11.5 Å². The molecule has 4 N–H and O–H groups in total. The largest absolute Gasteiger partial charge is 0.508 e. The second kappa shape index (κ2) is 9.40. The summed E-state index contributed by atoms with van der Waals surface area (Å²) in [5.41, 5.74) is 1.31. The van der Waals surface area contributed by atoms with E-state index in [4.69, 9.17) is 9.84 Å². The Morgan fingerprint density at radius 3 is 2.57 bits per heavy atom. The van der Waals surface area contributed by atoms with Crippen LogP contribution in [-0.4, -0.2) is 41.7 Å². The van der Waals surface area contributed by atoms with Crippen molar-refractivity contribution < 1.29 is 29.3 Å². The number of nitrogens with one attached hydrogen (secondary N) is 2. The molecule has 8 heteroatoms. The Morgan fingerprint density at radius 2 is 1.89 bits per heavy atom. The topological polar surface area (TPSA) is 125 Å². The van der Waals surface area contributed by atoms with Crippen molar-refractivity contribution in [3.63, 3.8) is 0 Å². The Hall–Kier alpha value is -3.55. The molecule has 0 spiro atoms. The minimum absolute atomic E-state index is 0.0807. The van der Waals surface area contributed by atoms with Crippen LogP contribution in [0.2, 0.25) is 0 Å². The number of aromatic carboxylic acids is 1. The van der Waals surface area contributed by atoms with Crippen LogP contribution < -0.4 is 15.4 Å². The first-order valence-corrected chi connectivity index (χ1v) is 8.61. The van der Waals surface area contributed by atoms with Crippen molar-refractivity contribution in [3.05, 3.63) is 53.1 Å². The highest BCUT2D eigenvalue weighted by molar-refractivity contribution is 5.96. The van der Waals surface area contributed by atoms with Gasteiger partial charge >= 0.3 is 5.97 Å². The summed E-state index contributed by atoms with van der Waals surface area (Å²) in [4.78, 5) is 35.3. The number of carbonyl (C=O) groups is 3. The minimum Gasteiger partial charge on any atom is -0.508 e. The number of anilines is 1. The Kier molecular flexibility index (Phi) is 6.97. The van der Waals surface area contributed by atoms with Crippen LogP contribution in [0.3, 0.4) is 0 Å². The van der Waals surface area contributed by atoms with Crippen molar-refractivity contribution in [1.29, 1.82) is 0 Å². The summed E-state index contributed by atoms with van der Waals surface area (Å²) >= 11 is 0. The van der Waals surface area contributed by atoms with Crippen molar-refractivity contribution in [2.45, 2.75) is 19.8 Å². The van der Waals surface area contributed by atoms with E-state index in [-0.39, 0.29) is 41.7 Å². The summed E-state index contributed by atoms with van der Waals surface area (Å²) in [7, 11) is 1.43.